The third-order valence-corrected chi connectivity index (χ3v) is 5.95. The topological polar surface area (TPSA) is 108 Å². The van der Waals surface area contributed by atoms with Gasteiger partial charge in [-0.1, -0.05) is 12.1 Å². The number of carbonyl (C=O) groups excluding carboxylic acids is 2. The Labute approximate surface area is 183 Å². The van der Waals surface area contributed by atoms with E-state index in [0.29, 0.717) is 38.9 Å². The first-order valence-electron chi connectivity index (χ1n) is 9.73. The molecular weight excluding hydrogens is 426 g/mol. The number of ether oxygens (including phenoxy) is 1. The van der Waals surface area contributed by atoms with Crippen LogP contribution in [0.4, 0.5) is 9.59 Å². The molecule has 2 aromatic heterocycles. The summed E-state index contributed by atoms with van der Waals surface area (Å²) in [6.45, 7) is 3.12. The number of nitrogens with zero attached hydrogens (tertiary/aromatic N) is 1. The van der Waals surface area contributed by atoms with Crippen molar-refractivity contribution in [1.29, 1.82) is 0 Å². The normalized spacial score (nSPS) is 11.5. The summed E-state index contributed by atoms with van der Waals surface area (Å²) in [6.07, 6.45) is -0.174. The second kappa shape index (κ2) is 12.9. The van der Waals surface area contributed by atoms with Gasteiger partial charge in [0.15, 0.2) is 0 Å². The van der Waals surface area contributed by atoms with Crippen LogP contribution >= 0.6 is 22.7 Å². The van der Waals surface area contributed by atoms with Crippen LogP contribution < -0.4 is 10.6 Å². The van der Waals surface area contributed by atoms with Crippen molar-refractivity contribution in [2.75, 3.05) is 13.2 Å². The van der Waals surface area contributed by atoms with Crippen molar-refractivity contribution in [1.82, 2.24) is 15.5 Å². The van der Waals surface area contributed by atoms with Gasteiger partial charge in [0.1, 0.15) is 6.04 Å². The van der Waals surface area contributed by atoms with Crippen LogP contribution in [-0.2, 0) is 22.6 Å². The Kier molecular flexibility index (Phi) is 10.2. The highest BCUT2D eigenvalue weighted by molar-refractivity contribution is 7.10. The third-order valence-electron chi connectivity index (χ3n) is 4.23. The summed E-state index contributed by atoms with van der Waals surface area (Å²) in [6, 6.07) is 7.10. The van der Waals surface area contributed by atoms with Crippen molar-refractivity contribution >= 4 is 40.8 Å². The molecule has 2 aromatic rings. The molecule has 2 heterocycles. The fourth-order valence-corrected chi connectivity index (χ4v) is 4.29. The summed E-state index contributed by atoms with van der Waals surface area (Å²) < 4.78 is 4.97. The van der Waals surface area contributed by atoms with Crippen molar-refractivity contribution < 1.29 is 24.2 Å². The molecule has 2 rings (SSSR count). The number of nitrogens with one attached hydrogen (secondary N) is 2. The standard InChI is InChI=1S/C20H27N3O5S2/c1-2-28-20(27)22-17(9-3-4-10-21-19(25)26)18(24)23(13-15-7-5-11-29-15)14-16-8-6-12-30-16/h5-8,11-12,17,21H,2-4,9-10,13-14H2,1H3,(H,22,27)(H,25,26)/t17-/m0/s1. The Morgan fingerprint density at radius 3 is 2.23 bits per heavy atom. The molecule has 0 saturated heterocycles. The van der Waals surface area contributed by atoms with Crippen LogP contribution in [0, 0.1) is 0 Å². The summed E-state index contributed by atoms with van der Waals surface area (Å²) in [5, 5.41) is 17.6. The molecule has 164 valence electrons. The van der Waals surface area contributed by atoms with Gasteiger partial charge in [-0.15, -0.1) is 22.7 Å². The van der Waals surface area contributed by atoms with Gasteiger partial charge in [0.05, 0.1) is 19.7 Å². The highest BCUT2D eigenvalue weighted by Crippen LogP contribution is 2.19. The van der Waals surface area contributed by atoms with Gasteiger partial charge in [0, 0.05) is 16.3 Å². The second-order valence-corrected chi connectivity index (χ2v) is 8.56. The van der Waals surface area contributed by atoms with Crippen LogP contribution in [0.25, 0.3) is 0 Å². The van der Waals surface area contributed by atoms with Crippen LogP contribution in [0.3, 0.4) is 0 Å². The van der Waals surface area contributed by atoms with Gasteiger partial charge in [0.2, 0.25) is 5.91 Å². The molecule has 0 aliphatic rings. The maximum atomic E-state index is 13.4. The maximum absolute atomic E-state index is 13.4. The Hall–Kier alpha value is -2.59. The Bertz CT molecular complexity index is 744. The number of thiophene rings is 2. The molecule has 0 spiro atoms. The largest absolute Gasteiger partial charge is 0.465 e. The molecule has 0 aromatic carbocycles. The number of unbranched alkanes of at least 4 members (excludes halogenated alkanes) is 1. The smallest absolute Gasteiger partial charge is 0.407 e. The maximum Gasteiger partial charge on any atom is 0.407 e. The Balaban J connectivity index is 2.07. The van der Waals surface area contributed by atoms with Gasteiger partial charge in [-0.25, -0.2) is 9.59 Å². The van der Waals surface area contributed by atoms with Crippen LogP contribution in [0.2, 0.25) is 0 Å². The first-order chi connectivity index (χ1) is 14.5. The van der Waals surface area contributed by atoms with E-state index in [9.17, 15) is 14.4 Å². The minimum atomic E-state index is -1.08. The fourth-order valence-electron chi connectivity index (χ4n) is 2.85. The Morgan fingerprint density at radius 2 is 1.73 bits per heavy atom. The molecule has 3 amide bonds. The van der Waals surface area contributed by atoms with Crippen molar-refractivity contribution in [3.05, 3.63) is 44.8 Å². The highest BCUT2D eigenvalue weighted by atomic mass is 32.1. The number of carboxylic acid groups (broad SMARTS) is 1. The van der Waals surface area contributed by atoms with Crippen LogP contribution in [0.5, 0.6) is 0 Å². The van der Waals surface area contributed by atoms with E-state index in [1.807, 2.05) is 35.0 Å². The first-order valence-corrected chi connectivity index (χ1v) is 11.5. The van der Waals surface area contributed by atoms with Gasteiger partial charge >= 0.3 is 12.2 Å². The van der Waals surface area contributed by atoms with Crippen LogP contribution in [0.15, 0.2) is 35.0 Å². The minimum absolute atomic E-state index is 0.184. The molecule has 30 heavy (non-hydrogen) atoms. The van der Waals surface area contributed by atoms with E-state index in [4.69, 9.17) is 9.84 Å². The zero-order chi connectivity index (χ0) is 21.8. The molecule has 0 unspecified atom stereocenters. The van der Waals surface area contributed by atoms with E-state index in [-0.39, 0.29) is 12.5 Å². The van der Waals surface area contributed by atoms with Gasteiger partial charge < -0.3 is 25.4 Å². The molecule has 8 nitrogen and oxygen atoms in total. The van der Waals surface area contributed by atoms with Gasteiger partial charge in [0.25, 0.3) is 0 Å². The molecule has 0 fully saturated rings. The summed E-state index contributed by atoms with van der Waals surface area (Å²) in [5.41, 5.74) is 0. The van der Waals surface area contributed by atoms with Crippen molar-refractivity contribution in [2.24, 2.45) is 0 Å². The monoisotopic (exact) mass is 453 g/mol. The van der Waals surface area contributed by atoms with Gasteiger partial charge in [-0.3, -0.25) is 4.79 Å². The van der Waals surface area contributed by atoms with E-state index in [1.54, 1.807) is 34.5 Å². The van der Waals surface area contributed by atoms with Crippen molar-refractivity contribution in [3.8, 4) is 0 Å². The molecule has 0 aliphatic heterocycles. The number of hydrogen-bond donors (Lipinski definition) is 3. The van der Waals surface area contributed by atoms with E-state index in [0.717, 1.165) is 9.75 Å². The molecule has 0 radical (unpaired) electrons. The van der Waals surface area contributed by atoms with E-state index < -0.39 is 18.2 Å². The lowest BCUT2D eigenvalue weighted by Gasteiger charge is -2.27. The number of carbonyl (C=O) groups is 3. The predicted molar refractivity (Wildman–Crippen MR) is 117 cm³/mol. The molecule has 0 bridgehead atoms. The predicted octanol–water partition coefficient (Wildman–Crippen LogP) is 3.89. The summed E-state index contributed by atoms with van der Waals surface area (Å²) >= 11 is 3.15. The minimum Gasteiger partial charge on any atom is -0.465 e. The van der Waals surface area contributed by atoms with Crippen molar-refractivity contribution in [2.45, 2.75) is 45.3 Å². The third kappa shape index (κ3) is 8.42. The number of rotatable bonds is 12. The van der Waals surface area contributed by atoms with Crippen molar-refractivity contribution in [3.63, 3.8) is 0 Å². The molecular formula is C20H27N3O5S2. The quantitative estimate of drug-likeness (QED) is 0.423. The molecule has 3 N–H and O–H groups in total. The summed E-state index contributed by atoms with van der Waals surface area (Å²) in [5.74, 6) is -0.184. The second-order valence-electron chi connectivity index (χ2n) is 6.50. The molecule has 0 aliphatic carbocycles. The number of alkyl carbamates (subject to hydrolysis) is 1. The number of amides is 3. The SMILES string of the molecule is CCOC(=O)N[C@@H](CCCCNC(=O)O)C(=O)N(Cc1cccs1)Cc1cccs1. The zero-order valence-corrected chi connectivity index (χ0v) is 18.5. The molecule has 1 atom stereocenters. The lowest BCUT2D eigenvalue weighted by molar-refractivity contribution is -0.134. The lowest BCUT2D eigenvalue weighted by Crippen LogP contribution is -2.48. The molecule has 10 heteroatoms. The zero-order valence-electron chi connectivity index (χ0n) is 16.8. The lowest BCUT2D eigenvalue weighted by atomic mass is 10.1. The van der Waals surface area contributed by atoms with E-state index in [2.05, 4.69) is 10.6 Å². The van der Waals surface area contributed by atoms with Crippen LogP contribution in [0.1, 0.15) is 35.9 Å². The van der Waals surface area contributed by atoms with Gasteiger partial charge in [-0.05, 0) is 49.1 Å². The van der Waals surface area contributed by atoms with Gasteiger partial charge in [-0.2, -0.15) is 0 Å². The molecule has 0 saturated carbocycles. The van der Waals surface area contributed by atoms with E-state index >= 15 is 0 Å². The van der Waals surface area contributed by atoms with E-state index in [1.165, 1.54) is 0 Å². The van der Waals surface area contributed by atoms with Crippen LogP contribution in [-0.4, -0.2) is 47.3 Å². The number of hydrogen-bond acceptors (Lipinski definition) is 6. The summed E-state index contributed by atoms with van der Waals surface area (Å²) in [7, 11) is 0. The highest BCUT2D eigenvalue weighted by Gasteiger charge is 2.27. The Morgan fingerprint density at radius 1 is 1.10 bits per heavy atom. The first kappa shape index (κ1) is 23.7. The average Bonchev–Trinajstić information content (AvgIpc) is 3.40. The fraction of sp³-hybridized carbons (Fsp3) is 0.450. The average molecular weight is 454 g/mol. The summed E-state index contributed by atoms with van der Waals surface area (Å²) in [4.78, 5) is 39.8.